The van der Waals surface area contributed by atoms with E-state index in [-0.39, 0.29) is 23.7 Å². The first kappa shape index (κ1) is 15.7. The van der Waals surface area contributed by atoms with Gasteiger partial charge in [0.15, 0.2) is 11.4 Å². The number of halogens is 1. The lowest BCUT2D eigenvalue weighted by Gasteiger charge is -2.51. The van der Waals surface area contributed by atoms with Crippen LogP contribution in [0.3, 0.4) is 0 Å². The normalized spacial score (nSPS) is 22.6. The first-order valence-corrected chi connectivity index (χ1v) is 8.25. The van der Waals surface area contributed by atoms with Gasteiger partial charge in [-0.15, -0.1) is 0 Å². The van der Waals surface area contributed by atoms with Crippen molar-refractivity contribution in [3.8, 4) is 5.75 Å². The highest BCUT2D eigenvalue weighted by Gasteiger charge is 2.42. The topological polar surface area (TPSA) is 65.8 Å². The molecule has 2 unspecified atom stereocenters. The van der Waals surface area contributed by atoms with E-state index in [0.717, 1.165) is 24.8 Å². The largest absolute Gasteiger partial charge is 0.502 e. The predicted octanol–water partition coefficient (Wildman–Crippen LogP) is 1.97. The summed E-state index contributed by atoms with van der Waals surface area (Å²) in [6, 6.07) is 7.49. The monoisotopic (exact) mass is 343 g/mol. The molecule has 7 heteroatoms. The van der Waals surface area contributed by atoms with E-state index in [0.29, 0.717) is 0 Å². The highest BCUT2D eigenvalue weighted by atomic mass is 19.1. The molecule has 1 fully saturated rings. The van der Waals surface area contributed by atoms with Gasteiger partial charge in [0.05, 0.1) is 6.04 Å². The van der Waals surface area contributed by atoms with Crippen molar-refractivity contribution in [3.05, 3.63) is 63.8 Å². The minimum atomic E-state index is -0.592. The quantitative estimate of drug-likeness (QED) is 0.860. The molecule has 0 saturated carbocycles. The van der Waals surface area contributed by atoms with Crippen molar-refractivity contribution in [1.82, 2.24) is 9.58 Å². The van der Waals surface area contributed by atoms with E-state index in [9.17, 15) is 19.1 Å². The van der Waals surface area contributed by atoms with Gasteiger partial charge in [-0.3, -0.25) is 19.3 Å². The van der Waals surface area contributed by atoms with E-state index in [4.69, 9.17) is 0 Å². The fraction of sp³-hybridized carbons (Fsp3) is 0.333. The third-order valence-electron chi connectivity index (χ3n) is 5.07. The summed E-state index contributed by atoms with van der Waals surface area (Å²) < 4.78 is 15.3. The average Bonchev–Trinajstić information content (AvgIpc) is 2.61. The number of pyridine rings is 1. The van der Waals surface area contributed by atoms with Crippen molar-refractivity contribution in [1.29, 1.82) is 0 Å². The number of aromatic nitrogens is 1. The lowest BCUT2D eigenvalue weighted by atomic mass is 9.93. The van der Waals surface area contributed by atoms with Crippen LogP contribution in [-0.2, 0) is 0 Å². The lowest BCUT2D eigenvalue weighted by Crippen LogP contribution is -2.62. The molecule has 2 aliphatic rings. The first-order valence-electron chi connectivity index (χ1n) is 8.25. The zero-order valence-electron chi connectivity index (χ0n) is 13.7. The number of carbonyl (C=O) groups is 1. The molecule has 0 radical (unpaired) electrons. The van der Waals surface area contributed by atoms with E-state index in [1.807, 2.05) is 11.1 Å². The summed E-state index contributed by atoms with van der Waals surface area (Å²) in [5, 5.41) is 12.1. The molecule has 0 aliphatic carbocycles. The molecular formula is C18H18FN3O3. The van der Waals surface area contributed by atoms with Gasteiger partial charge >= 0.3 is 0 Å². The molecule has 1 saturated heterocycles. The molecule has 6 nitrogen and oxygen atoms in total. The number of rotatable bonds is 1. The van der Waals surface area contributed by atoms with E-state index >= 15 is 0 Å². The van der Waals surface area contributed by atoms with Crippen LogP contribution in [0, 0.1) is 5.82 Å². The number of hydrogen-bond donors (Lipinski definition) is 1. The second-order valence-corrected chi connectivity index (χ2v) is 6.50. The number of amides is 1. The van der Waals surface area contributed by atoms with Crippen LogP contribution in [0.5, 0.6) is 5.75 Å². The number of piperidine rings is 1. The number of hydrogen-bond acceptors (Lipinski definition) is 4. The van der Waals surface area contributed by atoms with Crippen molar-refractivity contribution in [2.24, 2.45) is 0 Å². The standard InChI is InChI=1S/C18H18FN3O3/c1-20-15-7-3-6-13(11-4-2-5-12(19)10-11)22(15)21-9-8-14(23)17(24)16(21)18(20)25/h2,4-5,8-10,13,15,24H,3,6-7H2,1H3. The van der Waals surface area contributed by atoms with Gasteiger partial charge < -0.3 is 10.0 Å². The van der Waals surface area contributed by atoms with E-state index in [1.165, 1.54) is 24.4 Å². The van der Waals surface area contributed by atoms with Crippen molar-refractivity contribution >= 4 is 5.91 Å². The summed E-state index contributed by atoms with van der Waals surface area (Å²) in [5.41, 5.74) is 0.164. The molecule has 4 rings (SSSR count). The van der Waals surface area contributed by atoms with Crippen LogP contribution in [0.4, 0.5) is 4.39 Å². The Morgan fingerprint density at radius 2 is 2.00 bits per heavy atom. The number of nitrogens with zero attached hydrogens (tertiary/aromatic N) is 3. The van der Waals surface area contributed by atoms with Gasteiger partial charge in [-0.1, -0.05) is 12.1 Å². The Morgan fingerprint density at radius 3 is 2.76 bits per heavy atom. The third-order valence-corrected chi connectivity index (χ3v) is 5.07. The van der Waals surface area contributed by atoms with Crippen LogP contribution >= 0.6 is 0 Å². The Bertz CT molecular complexity index is 911. The fourth-order valence-electron chi connectivity index (χ4n) is 3.88. The van der Waals surface area contributed by atoms with Crippen LogP contribution in [-0.4, -0.2) is 33.8 Å². The van der Waals surface area contributed by atoms with Gasteiger partial charge in [-0.2, -0.15) is 0 Å². The van der Waals surface area contributed by atoms with Crippen molar-refractivity contribution in [3.63, 3.8) is 0 Å². The zero-order valence-corrected chi connectivity index (χ0v) is 13.7. The third kappa shape index (κ3) is 2.30. The first-order chi connectivity index (χ1) is 12.0. The highest BCUT2D eigenvalue weighted by molar-refractivity contribution is 5.96. The summed E-state index contributed by atoms with van der Waals surface area (Å²) in [6.45, 7) is 0. The Balaban J connectivity index is 1.91. The van der Waals surface area contributed by atoms with Gasteiger partial charge in [-0.05, 0) is 37.0 Å². The maximum atomic E-state index is 13.7. The summed E-state index contributed by atoms with van der Waals surface area (Å²) >= 11 is 0. The smallest absolute Gasteiger partial charge is 0.277 e. The number of fused-ring (bicyclic) bond motifs is 3. The Hall–Kier alpha value is -2.83. The summed E-state index contributed by atoms with van der Waals surface area (Å²) in [5.74, 6) is -1.26. The van der Waals surface area contributed by atoms with Gasteiger partial charge in [-0.25, -0.2) is 4.39 Å². The predicted molar refractivity (Wildman–Crippen MR) is 89.5 cm³/mol. The van der Waals surface area contributed by atoms with E-state index in [2.05, 4.69) is 0 Å². The van der Waals surface area contributed by atoms with Crippen molar-refractivity contribution in [2.45, 2.75) is 31.5 Å². The van der Waals surface area contributed by atoms with Gasteiger partial charge in [0.2, 0.25) is 5.43 Å². The Morgan fingerprint density at radius 1 is 1.20 bits per heavy atom. The van der Waals surface area contributed by atoms with Crippen molar-refractivity contribution in [2.75, 3.05) is 12.1 Å². The second kappa shape index (κ2) is 5.61. The van der Waals surface area contributed by atoms with Gasteiger partial charge in [0.1, 0.15) is 12.0 Å². The maximum absolute atomic E-state index is 13.7. The Labute approximate surface area is 143 Å². The number of aromatic hydroxyl groups is 1. The highest BCUT2D eigenvalue weighted by Crippen LogP contribution is 2.38. The average molecular weight is 343 g/mol. The van der Waals surface area contributed by atoms with E-state index < -0.39 is 17.1 Å². The van der Waals surface area contributed by atoms with Crippen molar-refractivity contribution < 1.29 is 14.3 Å². The SMILES string of the molecule is CN1C(=O)c2c(O)c(=O)ccn2N2C(c3cccc(F)c3)CCCC12. The molecule has 2 aliphatic heterocycles. The lowest BCUT2D eigenvalue weighted by molar-refractivity contribution is 0.0552. The fourth-order valence-corrected chi connectivity index (χ4v) is 3.88. The van der Waals surface area contributed by atoms with E-state index in [1.54, 1.807) is 22.7 Å². The Kier molecular flexibility index (Phi) is 3.52. The van der Waals surface area contributed by atoms with Crippen LogP contribution in [0.25, 0.3) is 0 Å². The second-order valence-electron chi connectivity index (χ2n) is 6.50. The molecule has 2 aromatic rings. The van der Waals surface area contributed by atoms with Gasteiger partial charge in [0.25, 0.3) is 5.91 Å². The van der Waals surface area contributed by atoms with Crippen LogP contribution in [0.15, 0.2) is 41.3 Å². The summed E-state index contributed by atoms with van der Waals surface area (Å²) in [7, 11) is 1.66. The molecular weight excluding hydrogens is 325 g/mol. The van der Waals surface area contributed by atoms with Crippen LogP contribution in [0.2, 0.25) is 0 Å². The molecule has 1 amide bonds. The molecule has 1 N–H and O–H groups in total. The molecule has 25 heavy (non-hydrogen) atoms. The molecule has 2 atom stereocenters. The van der Waals surface area contributed by atoms with Crippen LogP contribution < -0.4 is 10.4 Å². The minimum Gasteiger partial charge on any atom is -0.502 e. The minimum absolute atomic E-state index is 0.0467. The summed E-state index contributed by atoms with van der Waals surface area (Å²) in [6.07, 6.45) is 3.73. The molecule has 130 valence electrons. The zero-order chi connectivity index (χ0) is 17.7. The van der Waals surface area contributed by atoms with Gasteiger partial charge in [0, 0.05) is 19.3 Å². The molecule has 1 aromatic carbocycles. The molecule has 1 aromatic heterocycles. The van der Waals surface area contributed by atoms with Crippen LogP contribution in [0.1, 0.15) is 41.4 Å². The number of carbonyl (C=O) groups excluding carboxylic acids is 1. The number of benzene rings is 1. The summed E-state index contributed by atoms with van der Waals surface area (Å²) in [4.78, 5) is 26.0. The maximum Gasteiger partial charge on any atom is 0.277 e. The molecule has 0 spiro atoms. The molecule has 0 bridgehead atoms. The molecule has 3 heterocycles.